The molecule has 0 aromatic heterocycles. The molecule has 0 aromatic rings. The lowest BCUT2D eigenvalue weighted by Gasteiger charge is -2.19. The highest BCUT2D eigenvalue weighted by Gasteiger charge is 2.22. The molecule has 9 nitrogen and oxygen atoms in total. The Bertz CT molecular complexity index is 357. The zero-order valence-electron chi connectivity index (χ0n) is 9.88. The minimum absolute atomic E-state index is 0.124. The van der Waals surface area contributed by atoms with Crippen LogP contribution in [0.25, 0.3) is 0 Å². The number of nitrogens with zero attached hydrogens (tertiary/aromatic N) is 1. The first kappa shape index (κ1) is 15.7. The van der Waals surface area contributed by atoms with E-state index in [9.17, 15) is 19.2 Å². The molecule has 0 saturated heterocycles. The van der Waals surface area contributed by atoms with E-state index in [4.69, 9.17) is 16.6 Å². The number of hydrogen-bond acceptors (Lipinski definition) is 4. The van der Waals surface area contributed by atoms with Crippen LogP contribution in [0.3, 0.4) is 0 Å². The van der Waals surface area contributed by atoms with E-state index in [1.54, 1.807) is 0 Å². The fraction of sp³-hybridized carbons (Fsp3) is 0.556. The van der Waals surface area contributed by atoms with Gasteiger partial charge >= 0.3 is 12.0 Å². The molecule has 0 bridgehead atoms. The molecule has 0 saturated carbocycles. The molecule has 0 radical (unpaired) electrons. The number of hydrogen-bond donors (Lipinski definition) is 4. The van der Waals surface area contributed by atoms with Crippen LogP contribution in [0.4, 0.5) is 4.79 Å². The van der Waals surface area contributed by atoms with Crippen LogP contribution in [-0.4, -0.2) is 53.5 Å². The predicted octanol–water partition coefficient (Wildman–Crippen LogP) is -2.17. The molecule has 1 atom stereocenters. The molecule has 9 heteroatoms. The van der Waals surface area contributed by atoms with Gasteiger partial charge < -0.3 is 26.8 Å². The molecule has 18 heavy (non-hydrogen) atoms. The fourth-order valence-corrected chi connectivity index (χ4v) is 1.11. The van der Waals surface area contributed by atoms with Crippen molar-refractivity contribution in [3.63, 3.8) is 0 Å². The van der Waals surface area contributed by atoms with Crippen molar-refractivity contribution in [2.75, 3.05) is 13.6 Å². The Hall–Kier alpha value is -2.32. The van der Waals surface area contributed by atoms with Gasteiger partial charge in [0.2, 0.25) is 11.8 Å². The largest absolute Gasteiger partial charge is 0.480 e. The zero-order valence-corrected chi connectivity index (χ0v) is 9.88. The van der Waals surface area contributed by atoms with Gasteiger partial charge in [-0.2, -0.15) is 0 Å². The lowest BCUT2D eigenvalue weighted by Crippen LogP contribution is -2.48. The molecule has 0 aromatic carbocycles. The number of nitrogens with two attached hydrogens (primary N) is 2. The average Bonchev–Trinajstić information content (AvgIpc) is 2.21. The van der Waals surface area contributed by atoms with Crippen molar-refractivity contribution in [2.24, 2.45) is 11.5 Å². The van der Waals surface area contributed by atoms with Gasteiger partial charge in [0.1, 0.15) is 12.6 Å². The normalized spacial score (nSPS) is 11.4. The SMILES string of the molecule is CN(CC(N)=O)C(=O)NC(CCC(N)=O)C(=O)O. The quantitative estimate of drug-likeness (QED) is 0.410. The molecule has 102 valence electrons. The molecule has 0 aliphatic heterocycles. The van der Waals surface area contributed by atoms with Gasteiger partial charge in [-0.1, -0.05) is 0 Å². The van der Waals surface area contributed by atoms with E-state index in [0.29, 0.717) is 0 Å². The number of carbonyl (C=O) groups excluding carboxylic acids is 3. The molecule has 0 spiro atoms. The summed E-state index contributed by atoms with van der Waals surface area (Å²) in [4.78, 5) is 44.3. The predicted molar refractivity (Wildman–Crippen MR) is 60.2 cm³/mol. The fourth-order valence-electron chi connectivity index (χ4n) is 1.11. The minimum atomic E-state index is -1.29. The summed E-state index contributed by atoms with van der Waals surface area (Å²) in [5.74, 6) is -2.69. The molecule has 4 amide bonds. The Morgan fingerprint density at radius 1 is 1.22 bits per heavy atom. The van der Waals surface area contributed by atoms with Crippen LogP contribution in [0.2, 0.25) is 0 Å². The molecule has 0 aliphatic rings. The van der Waals surface area contributed by atoms with Crippen molar-refractivity contribution in [3.8, 4) is 0 Å². The lowest BCUT2D eigenvalue weighted by atomic mass is 10.1. The third-order valence-electron chi connectivity index (χ3n) is 2.01. The number of carboxylic acids is 1. The standard InChI is InChI=1S/C9H16N4O5/c1-13(4-7(11)15)9(18)12-5(8(16)17)2-3-6(10)14/h5H,2-4H2,1H3,(H2,10,14)(H2,11,15)(H,12,18)(H,16,17). The molecular weight excluding hydrogens is 244 g/mol. The second kappa shape index (κ2) is 7.09. The molecule has 1 unspecified atom stereocenters. The van der Waals surface area contributed by atoms with E-state index in [-0.39, 0.29) is 19.4 Å². The van der Waals surface area contributed by atoms with Gasteiger partial charge in [0, 0.05) is 13.5 Å². The highest BCUT2D eigenvalue weighted by molar-refractivity contribution is 5.86. The number of nitrogens with one attached hydrogen (secondary N) is 1. The van der Waals surface area contributed by atoms with Crippen molar-refractivity contribution in [2.45, 2.75) is 18.9 Å². The summed E-state index contributed by atoms with van der Waals surface area (Å²) in [6, 6.07) is -2.02. The summed E-state index contributed by atoms with van der Waals surface area (Å²) in [6.07, 6.45) is -0.294. The third-order valence-corrected chi connectivity index (χ3v) is 2.01. The number of likely N-dealkylation sites (N-methyl/N-ethyl adjacent to an activating group) is 1. The molecule has 6 N–H and O–H groups in total. The molecule has 0 fully saturated rings. The third kappa shape index (κ3) is 6.30. The average molecular weight is 260 g/mol. The Morgan fingerprint density at radius 3 is 2.17 bits per heavy atom. The van der Waals surface area contributed by atoms with Gasteiger partial charge in [-0.05, 0) is 6.42 Å². The lowest BCUT2D eigenvalue weighted by molar-refractivity contribution is -0.139. The van der Waals surface area contributed by atoms with Gasteiger partial charge in [-0.25, -0.2) is 9.59 Å². The number of aliphatic carboxylic acids is 1. The van der Waals surface area contributed by atoms with Gasteiger partial charge in [0.15, 0.2) is 0 Å². The van der Waals surface area contributed by atoms with Crippen LogP contribution < -0.4 is 16.8 Å². The summed E-state index contributed by atoms with van der Waals surface area (Å²) in [7, 11) is 1.28. The van der Waals surface area contributed by atoms with E-state index < -0.39 is 29.9 Å². The van der Waals surface area contributed by atoms with Crippen molar-refractivity contribution in [3.05, 3.63) is 0 Å². The Kier molecular flexibility index (Phi) is 6.18. The second-order valence-electron chi connectivity index (χ2n) is 3.67. The van der Waals surface area contributed by atoms with Crippen molar-refractivity contribution in [1.82, 2.24) is 10.2 Å². The summed E-state index contributed by atoms with van der Waals surface area (Å²) in [5.41, 5.74) is 9.76. The van der Waals surface area contributed by atoms with Gasteiger partial charge in [-0.3, -0.25) is 9.59 Å². The first-order valence-electron chi connectivity index (χ1n) is 5.05. The zero-order chi connectivity index (χ0) is 14.3. The van der Waals surface area contributed by atoms with Gasteiger partial charge in [0.25, 0.3) is 0 Å². The molecular formula is C9H16N4O5. The topological polar surface area (TPSA) is 156 Å². The first-order valence-corrected chi connectivity index (χ1v) is 5.05. The Balaban J connectivity index is 4.40. The number of amides is 4. The Labute approximate surface area is 103 Å². The minimum Gasteiger partial charge on any atom is -0.480 e. The van der Waals surface area contributed by atoms with Crippen LogP contribution in [0.15, 0.2) is 0 Å². The van der Waals surface area contributed by atoms with E-state index in [1.165, 1.54) is 7.05 Å². The van der Waals surface area contributed by atoms with Crippen molar-refractivity contribution in [1.29, 1.82) is 0 Å². The maximum atomic E-state index is 11.5. The van der Waals surface area contributed by atoms with E-state index in [0.717, 1.165) is 4.90 Å². The maximum Gasteiger partial charge on any atom is 0.326 e. The van der Waals surface area contributed by atoms with Crippen LogP contribution >= 0.6 is 0 Å². The number of primary amides is 2. The van der Waals surface area contributed by atoms with Crippen LogP contribution in [-0.2, 0) is 14.4 Å². The number of urea groups is 1. The smallest absolute Gasteiger partial charge is 0.326 e. The van der Waals surface area contributed by atoms with E-state index in [1.807, 2.05) is 0 Å². The Morgan fingerprint density at radius 2 is 1.78 bits per heavy atom. The first-order chi connectivity index (χ1) is 8.23. The van der Waals surface area contributed by atoms with Crippen LogP contribution in [0.1, 0.15) is 12.8 Å². The van der Waals surface area contributed by atoms with Crippen molar-refractivity contribution >= 4 is 23.8 Å². The summed E-state index contributed by atoms with van der Waals surface area (Å²) >= 11 is 0. The second-order valence-corrected chi connectivity index (χ2v) is 3.67. The highest BCUT2D eigenvalue weighted by atomic mass is 16.4. The molecule has 0 aliphatic carbocycles. The number of rotatable bonds is 7. The highest BCUT2D eigenvalue weighted by Crippen LogP contribution is 1.98. The van der Waals surface area contributed by atoms with E-state index >= 15 is 0 Å². The van der Waals surface area contributed by atoms with Crippen LogP contribution in [0.5, 0.6) is 0 Å². The van der Waals surface area contributed by atoms with Crippen molar-refractivity contribution < 1.29 is 24.3 Å². The summed E-state index contributed by atoms with van der Waals surface area (Å²) in [6.45, 7) is -0.339. The molecule has 0 heterocycles. The van der Waals surface area contributed by atoms with Crippen LogP contribution in [0, 0.1) is 0 Å². The summed E-state index contributed by atoms with van der Waals surface area (Å²) < 4.78 is 0. The summed E-state index contributed by atoms with van der Waals surface area (Å²) in [5, 5.41) is 11.0. The van der Waals surface area contributed by atoms with Gasteiger partial charge in [0.05, 0.1) is 0 Å². The molecule has 0 rings (SSSR count). The maximum absolute atomic E-state index is 11.5. The van der Waals surface area contributed by atoms with E-state index in [2.05, 4.69) is 5.32 Å². The van der Waals surface area contributed by atoms with Gasteiger partial charge in [-0.15, -0.1) is 0 Å². The number of carbonyl (C=O) groups is 4. The number of carboxylic acid groups (broad SMARTS) is 1. The monoisotopic (exact) mass is 260 g/mol.